The number of pyridine rings is 2. The van der Waals surface area contributed by atoms with Crippen molar-refractivity contribution >= 4 is 17.9 Å². The molecule has 0 fully saturated rings. The Bertz CT molecular complexity index is 2180. The number of benzene rings is 5. The molecule has 0 radical (unpaired) electrons. The van der Waals surface area contributed by atoms with Gasteiger partial charge in [-0.05, 0) is 83.1 Å². The van der Waals surface area contributed by atoms with E-state index in [0.717, 1.165) is 72.6 Å². The maximum absolute atomic E-state index is 8.70. The Labute approximate surface area is 293 Å². The molecule has 0 unspecified atom stereocenters. The van der Waals surface area contributed by atoms with Gasteiger partial charge in [-0.2, -0.15) is 0 Å². The highest BCUT2D eigenvalue weighted by Gasteiger charge is 2.09. The molecule has 50 heavy (non-hydrogen) atoms. The molecular formula is C45H35N5. The normalized spacial score (nSPS) is 11.5. The lowest BCUT2D eigenvalue weighted by atomic mass is 9.94. The van der Waals surface area contributed by atoms with Crippen LogP contribution in [0, 0.1) is 19.3 Å². The number of nitrogens with zero attached hydrogens (tertiary/aromatic N) is 4. The zero-order chi connectivity index (χ0) is 34.3. The molecule has 5 heteroatoms. The molecule has 0 saturated carbocycles. The van der Waals surface area contributed by atoms with E-state index in [0.29, 0.717) is 5.84 Å². The fourth-order valence-corrected chi connectivity index (χ4v) is 5.70. The third-order valence-corrected chi connectivity index (χ3v) is 8.51. The predicted octanol–water partition coefficient (Wildman–Crippen LogP) is 10.7. The average Bonchev–Trinajstić information content (AvgIpc) is 3.18. The summed E-state index contributed by atoms with van der Waals surface area (Å²) in [5, 5.41) is 8.70. The second-order valence-electron chi connectivity index (χ2n) is 12.1. The van der Waals surface area contributed by atoms with Crippen LogP contribution >= 0.6 is 0 Å². The lowest BCUT2D eigenvalue weighted by Crippen LogP contribution is -2.04. The Kier molecular flexibility index (Phi) is 9.38. The van der Waals surface area contributed by atoms with Gasteiger partial charge in [0, 0.05) is 52.2 Å². The van der Waals surface area contributed by atoms with Crippen LogP contribution in [0.15, 0.2) is 174 Å². The molecular weight excluding hydrogens is 611 g/mol. The molecule has 5 nitrogen and oxygen atoms in total. The van der Waals surface area contributed by atoms with Crippen molar-refractivity contribution in [3.8, 4) is 44.5 Å². The van der Waals surface area contributed by atoms with Crippen molar-refractivity contribution in [2.45, 2.75) is 13.8 Å². The first kappa shape index (κ1) is 32.0. The molecule has 7 rings (SSSR count). The van der Waals surface area contributed by atoms with Gasteiger partial charge in [0.15, 0.2) is 11.7 Å². The van der Waals surface area contributed by atoms with E-state index in [1.165, 1.54) is 0 Å². The minimum absolute atomic E-state index is 0.156. The minimum Gasteiger partial charge on any atom is -0.282 e. The number of aromatic nitrogens is 2. The molecule has 0 amide bonds. The quantitative estimate of drug-likeness (QED) is 0.138. The molecule has 0 aliphatic rings. The van der Waals surface area contributed by atoms with Crippen LogP contribution in [0.5, 0.6) is 0 Å². The summed E-state index contributed by atoms with van der Waals surface area (Å²) in [4.78, 5) is 18.5. The van der Waals surface area contributed by atoms with Crippen LogP contribution in [-0.2, 0) is 0 Å². The zero-order valence-electron chi connectivity index (χ0n) is 28.0. The molecule has 240 valence electrons. The third-order valence-electron chi connectivity index (χ3n) is 8.51. The van der Waals surface area contributed by atoms with Crippen molar-refractivity contribution in [1.82, 2.24) is 9.97 Å². The van der Waals surface area contributed by atoms with Gasteiger partial charge in [0.25, 0.3) is 0 Å². The van der Waals surface area contributed by atoms with Crippen molar-refractivity contribution in [3.05, 3.63) is 192 Å². The van der Waals surface area contributed by atoms with Gasteiger partial charge in [0.2, 0.25) is 0 Å². The second-order valence-corrected chi connectivity index (χ2v) is 12.1. The highest BCUT2D eigenvalue weighted by molar-refractivity contribution is 6.13. The van der Waals surface area contributed by atoms with Gasteiger partial charge in [0.05, 0.1) is 0 Å². The van der Waals surface area contributed by atoms with Crippen LogP contribution in [-0.4, -0.2) is 27.9 Å². The SMILES string of the molecule is Cc1ccc(-c2ccc(-c3cc(/C=N/C(=N\C(=N)c4ccccc4)c4ccccc4)cc(-c4ccc(-c5ccc(C)nc5)cc4)c3)cc2)cn1. The summed E-state index contributed by atoms with van der Waals surface area (Å²) in [5.41, 5.74) is 13.2. The molecule has 7 aromatic rings. The van der Waals surface area contributed by atoms with Gasteiger partial charge >= 0.3 is 0 Å². The summed E-state index contributed by atoms with van der Waals surface area (Å²) >= 11 is 0. The van der Waals surface area contributed by atoms with E-state index in [1.54, 1.807) is 0 Å². The van der Waals surface area contributed by atoms with Gasteiger partial charge < -0.3 is 0 Å². The maximum Gasteiger partial charge on any atom is 0.161 e. The molecule has 0 aliphatic carbocycles. The Balaban J connectivity index is 1.28. The molecule has 0 aliphatic heterocycles. The van der Waals surface area contributed by atoms with Crippen LogP contribution in [0.3, 0.4) is 0 Å². The summed E-state index contributed by atoms with van der Waals surface area (Å²) in [6.45, 7) is 3.99. The van der Waals surface area contributed by atoms with Gasteiger partial charge in [-0.15, -0.1) is 0 Å². The van der Waals surface area contributed by atoms with Gasteiger partial charge in [-0.3, -0.25) is 15.4 Å². The fourth-order valence-electron chi connectivity index (χ4n) is 5.70. The highest BCUT2D eigenvalue weighted by atomic mass is 14.9. The molecule has 0 bridgehead atoms. The molecule has 0 saturated heterocycles. The Morgan fingerprint density at radius 2 is 0.900 bits per heavy atom. The Morgan fingerprint density at radius 3 is 1.34 bits per heavy atom. The van der Waals surface area contributed by atoms with Gasteiger partial charge in [-0.25, -0.2) is 9.98 Å². The first-order valence-corrected chi connectivity index (χ1v) is 16.5. The summed E-state index contributed by atoms with van der Waals surface area (Å²) in [5.74, 6) is 0.627. The van der Waals surface area contributed by atoms with E-state index in [4.69, 9.17) is 10.4 Å². The third kappa shape index (κ3) is 7.59. The lowest BCUT2D eigenvalue weighted by molar-refractivity contribution is 1.20. The lowest BCUT2D eigenvalue weighted by Gasteiger charge is -2.11. The smallest absolute Gasteiger partial charge is 0.161 e. The monoisotopic (exact) mass is 645 g/mol. The molecule has 0 atom stereocenters. The topological polar surface area (TPSA) is 74.3 Å². The van der Waals surface area contributed by atoms with E-state index >= 15 is 0 Å². The van der Waals surface area contributed by atoms with Gasteiger partial charge in [0.1, 0.15) is 0 Å². The standard InChI is InChI=1S/C45H35N5/c1-31-13-15-40(29-47-31)34-17-21-36(22-18-34)42-25-33(26-43(27-42)37-23-19-35(20-24-37)41-16-14-32(2)48-30-41)28-49-45(39-11-7-4-8-12-39)50-44(46)38-9-5-3-6-10-38/h3-30,46H,1-2H3/b46-44?,49-28+,50-45-. The predicted molar refractivity (Wildman–Crippen MR) is 207 cm³/mol. The van der Waals surface area contributed by atoms with E-state index in [2.05, 4.69) is 93.8 Å². The van der Waals surface area contributed by atoms with Crippen molar-refractivity contribution in [2.24, 2.45) is 9.98 Å². The molecule has 5 aromatic carbocycles. The van der Waals surface area contributed by atoms with E-state index in [9.17, 15) is 0 Å². The maximum atomic E-state index is 8.70. The average molecular weight is 646 g/mol. The van der Waals surface area contributed by atoms with Crippen LogP contribution in [0.4, 0.5) is 0 Å². The molecule has 2 aromatic heterocycles. The Hall–Kier alpha value is -6.59. The largest absolute Gasteiger partial charge is 0.282 e. The fraction of sp³-hybridized carbons (Fsp3) is 0.0444. The van der Waals surface area contributed by atoms with Crippen molar-refractivity contribution < 1.29 is 0 Å². The van der Waals surface area contributed by atoms with E-state index in [-0.39, 0.29) is 5.84 Å². The van der Waals surface area contributed by atoms with Crippen LogP contribution in [0.25, 0.3) is 44.5 Å². The first-order valence-electron chi connectivity index (χ1n) is 16.5. The van der Waals surface area contributed by atoms with Gasteiger partial charge in [-0.1, -0.05) is 121 Å². The molecule has 1 N–H and O–H groups in total. The summed E-state index contributed by atoms with van der Waals surface area (Å²) in [6.07, 6.45) is 5.67. The second kappa shape index (κ2) is 14.7. The van der Waals surface area contributed by atoms with Crippen molar-refractivity contribution in [1.29, 1.82) is 5.41 Å². The summed E-state index contributed by atoms with van der Waals surface area (Å²) in [7, 11) is 0. The first-order chi connectivity index (χ1) is 24.5. The number of aliphatic imine (C=N–C) groups is 2. The highest BCUT2D eigenvalue weighted by Crippen LogP contribution is 2.31. The molecule has 2 heterocycles. The Morgan fingerprint density at radius 1 is 0.480 bits per heavy atom. The zero-order valence-corrected chi connectivity index (χ0v) is 28.0. The molecule has 0 spiro atoms. The van der Waals surface area contributed by atoms with Crippen LogP contribution in [0.2, 0.25) is 0 Å². The minimum atomic E-state index is 0.156. The summed E-state index contributed by atoms with van der Waals surface area (Å²) in [6, 6.07) is 51.3. The number of aryl methyl sites for hydroxylation is 2. The summed E-state index contributed by atoms with van der Waals surface area (Å²) < 4.78 is 0. The number of hydrogen-bond acceptors (Lipinski definition) is 3. The number of rotatable bonds is 7. The number of nitrogens with one attached hydrogen (secondary N) is 1. The van der Waals surface area contributed by atoms with Crippen LogP contribution in [0.1, 0.15) is 28.1 Å². The number of amidine groups is 2. The van der Waals surface area contributed by atoms with Crippen LogP contribution < -0.4 is 0 Å². The van der Waals surface area contributed by atoms with Crippen molar-refractivity contribution in [2.75, 3.05) is 0 Å². The van der Waals surface area contributed by atoms with E-state index in [1.807, 2.05) is 105 Å². The number of hydrogen-bond donors (Lipinski definition) is 1. The van der Waals surface area contributed by atoms with E-state index < -0.39 is 0 Å². The van der Waals surface area contributed by atoms with Crippen molar-refractivity contribution in [3.63, 3.8) is 0 Å².